The number of ether oxygens (including phenoxy) is 1. The number of sulfonamides is 1. The fraction of sp³-hybridized carbons (Fsp3) is 0.600. The van der Waals surface area contributed by atoms with Gasteiger partial charge >= 0.3 is 0 Å². The van der Waals surface area contributed by atoms with Crippen molar-refractivity contribution in [2.24, 2.45) is 5.92 Å². The molecule has 0 aliphatic carbocycles. The van der Waals surface area contributed by atoms with E-state index in [2.05, 4.69) is 4.72 Å². The average Bonchev–Trinajstić information content (AvgIpc) is 2.42. The lowest BCUT2D eigenvalue weighted by Crippen LogP contribution is -2.46. The van der Waals surface area contributed by atoms with Gasteiger partial charge in [-0.25, -0.2) is 13.1 Å². The van der Waals surface area contributed by atoms with Crippen molar-refractivity contribution in [1.82, 2.24) is 4.72 Å². The number of hydrogen-bond acceptors (Lipinski definition) is 3. The Hall–Kier alpha value is -0.330. The predicted octanol–water partition coefficient (Wildman–Crippen LogP) is 3.27. The molecule has 1 fully saturated rings. The largest absolute Gasteiger partial charge is 0.381 e. The van der Waals surface area contributed by atoms with E-state index in [-0.39, 0.29) is 12.0 Å². The van der Waals surface area contributed by atoms with Crippen LogP contribution in [0.2, 0.25) is 10.0 Å². The molecule has 1 aliphatic rings. The van der Waals surface area contributed by atoms with Gasteiger partial charge in [0.15, 0.2) is 0 Å². The molecule has 22 heavy (non-hydrogen) atoms. The number of benzene rings is 1. The number of halogens is 2. The van der Waals surface area contributed by atoms with Gasteiger partial charge in [-0.1, -0.05) is 29.3 Å². The van der Waals surface area contributed by atoms with Gasteiger partial charge in [-0.05, 0) is 44.4 Å². The molecule has 1 saturated heterocycles. The summed E-state index contributed by atoms with van der Waals surface area (Å²) in [5.74, 6) is -0.0951. The Morgan fingerprint density at radius 2 is 2.05 bits per heavy atom. The van der Waals surface area contributed by atoms with Crippen LogP contribution in [0, 0.1) is 5.92 Å². The van der Waals surface area contributed by atoms with E-state index in [0.29, 0.717) is 36.1 Å². The fourth-order valence-electron chi connectivity index (χ4n) is 2.76. The topological polar surface area (TPSA) is 55.4 Å². The van der Waals surface area contributed by atoms with Crippen molar-refractivity contribution in [3.63, 3.8) is 0 Å². The Kier molecular flexibility index (Phi) is 6.14. The summed E-state index contributed by atoms with van der Waals surface area (Å²) in [5.41, 5.74) is 0.967. The van der Waals surface area contributed by atoms with Crippen LogP contribution < -0.4 is 4.72 Å². The van der Waals surface area contributed by atoms with Crippen molar-refractivity contribution >= 4 is 33.2 Å². The monoisotopic (exact) mass is 365 g/mol. The number of hydrogen-bond donors (Lipinski definition) is 1. The highest BCUT2D eigenvalue weighted by Crippen LogP contribution is 2.28. The molecule has 2 atom stereocenters. The molecule has 1 heterocycles. The Morgan fingerprint density at radius 3 is 2.68 bits per heavy atom. The third-order valence-corrected chi connectivity index (χ3v) is 6.64. The first-order valence-corrected chi connectivity index (χ1v) is 9.62. The zero-order chi connectivity index (χ0) is 16.3. The van der Waals surface area contributed by atoms with Crippen LogP contribution in [-0.4, -0.2) is 32.9 Å². The number of rotatable bonds is 5. The van der Waals surface area contributed by atoms with E-state index in [1.54, 1.807) is 12.1 Å². The van der Waals surface area contributed by atoms with Crippen molar-refractivity contribution in [2.75, 3.05) is 13.2 Å². The molecule has 0 bridgehead atoms. The lowest BCUT2D eigenvalue weighted by molar-refractivity contribution is 0.0569. The van der Waals surface area contributed by atoms with Crippen LogP contribution in [0.3, 0.4) is 0 Å². The van der Waals surface area contributed by atoms with Crippen LogP contribution in [0.25, 0.3) is 0 Å². The predicted molar refractivity (Wildman–Crippen MR) is 90.1 cm³/mol. The van der Waals surface area contributed by atoms with E-state index in [4.69, 9.17) is 27.9 Å². The first-order chi connectivity index (χ1) is 10.3. The molecule has 1 aromatic rings. The first-order valence-electron chi connectivity index (χ1n) is 7.32. The van der Waals surface area contributed by atoms with Crippen LogP contribution >= 0.6 is 23.2 Å². The minimum Gasteiger partial charge on any atom is -0.381 e. The highest BCUT2D eigenvalue weighted by Gasteiger charge is 2.36. The molecule has 0 radical (unpaired) electrons. The summed E-state index contributed by atoms with van der Waals surface area (Å²) in [6.45, 7) is 4.56. The molecule has 0 aromatic heterocycles. The van der Waals surface area contributed by atoms with Crippen molar-refractivity contribution in [3.05, 3.63) is 33.8 Å². The lowest BCUT2D eigenvalue weighted by atomic mass is 9.93. The maximum Gasteiger partial charge on any atom is 0.215 e. The van der Waals surface area contributed by atoms with Crippen LogP contribution in [0.1, 0.15) is 25.8 Å². The molecule has 2 rings (SSSR count). The normalized spacial score (nSPS) is 23.0. The third-order valence-electron chi connectivity index (χ3n) is 3.68. The summed E-state index contributed by atoms with van der Waals surface area (Å²) >= 11 is 12.0. The van der Waals surface area contributed by atoms with E-state index in [0.717, 1.165) is 5.56 Å². The third kappa shape index (κ3) is 4.59. The van der Waals surface area contributed by atoms with Gasteiger partial charge in [-0.3, -0.25) is 0 Å². The van der Waals surface area contributed by atoms with E-state index >= 15 is 0 Å². The molecule has 0 amide bonds. The van der Waals surface area contributed by atoms with Gasteiger partial charge in [-0.15, -0.1) is 0 Å². The van der Waals surface area contributed by atoms with Crippen molar-refractivity contribution in [2.45, 2.75) is 38.0 Å². The van der Waals surface area contributed by atoms with E-state index < -0.39 is 15.3 Å². The maximum atomic E-state index is 12.5. The van der Waals surface area contributed by atoms with Crippen molar-refractivity contribution < 1.29 is 13.2 Å². The first kappa shape index (κ1) is 18.0. The van der Waals surface area contributed by atoms with Gasteiger partial charge in [0, 0.05) is 18.6 Å². The lowest BCUT2D eigenvalue weighted by Gasteiger charge is -2.32. The molecule has 1 aliphatic heterocycles. The molecular weight excluding hydrogens is 345 g/mol. The van der Waals surface area contributed by atoms with Gasteiger partial charge in [0.2, 0.25) is 10.0 Å². The average molecular weight is 366 g/mol. The van der Waals surface area contributed by atoms with Crippen molar-refractivity contribution in [1.29, 1.82) is 0 Å². The summed E-state index contributed by atoms with van der Waals surface area (Å²) in [7, 11) is -3.36. The maximum absolute atomic E-state index is 12.5. The molecule has 1 N–H and O–H groups in total. The van der Waals surface area contributed by atoms with Crippen LogP contribution in [0.5, 0.6) is 0 Å². The van der Waals surface area contributed by atoms with Gasteiger partial charge in [0.1, 0.15) is 0 Å². The van der Waals surface area contributed by atoms with Gasteiger partial charge < -0.3 is 4.74 Å². The Labute approximate surface area is 142 Å². The Balaban J connectivity index is 2.17. The second kappa shape index (κ2) is 7.49. The summed E-state index contributed by atoms with van der Waals surface area (Å²) in [5, 5.41) is 0.532. The fourth-order valence-corrected chi connectivity index (χ4v) is 5.00. The molecule has 124 valence electrons. The summed E-state index contributed by atoms with van der Waals surface area (Å²) < 4.78 is 33.2. The number of nitrogens with one attached hydrogen (secondary N) is 1. The van der Waals surface area contributed by atoms with Gasteiger partial charge in [0.05, 0.1) is 21.9 Å². The molecule has 0 spiro atoms. The summed E-state index contributed by atoms with van der Waals surface area (Å²) in [4.78, 5) is 0. The Morgan fingerprint density at radius 1 is 1.32 bits per heavy atom. The van der Waals surface area contributed by atoms with Crippen LogP contribution in [0.4, 0.5) is 0 Å². The van der Waals surface area contributed by atoms with Crippen LogP contribution in [0.15, 0.2) is 18.2 Å². The highest BCUT2D eigenvalue weighted by molar-refractivity contribution is 7.90. The molecule has 2 unspecified atom stereocenters. The second-order valence-corrected chi connectivity index (χ2v) is 8.68. The minimum absolute atomic E-state index is 0.0951. The molecule has 7 heteroatoms. The highest BCUT2D eigenvalue weighted by atomic mass is 35.5. The molecule has 0 saturated carbocycles. The standard InChI is InChI=1S/C15H21Cl2NO3S/c1-10(2)18-22(19,20)15-5-6-21-9-12(15)7-11-3-4-13(16)14(17)8-11/h3-4,8,10,12,15,18H,5-7,9H2,1-2H3. The molecular formula is C15H21Cl2NO3S. The molecule has 4 nitrogen and oxygen atoms in total. The molecule has 1 aromatic carbocycles. The van der Waals surface area contributed by atoms with Crippen LogP contribution in [-0.2, 0) is 21.2 Å². The van der Waals surface area contributed by atoms with E-state index in [1.165, 1.54) is 0 Å². The van der Waals surface area contributed by atoms with Gasteiger partial charge in [-0.2, -0.15) is 0 Å². The van der Waals surface area contributed by atoms with Crippen molar-refractivity contribution in [3.8, 4) is 0 Å². The zero-order valence-electron chi connectivity index (χ0n) is 12.7. The second-order valence-electron chi connectivity index (χ2n) is 5.93. The summed E-state index contributed by atoms with van der Waals surface area (Å²) in [6.07, 6.45) is 1.11. The summed E-state index contributed by atoms with van der Waals surface area (Å²) in [6, 6.07) is 5.29. The zero-order valence-corrected chi connectivity index (χ0v) is 15.0. The van der Waals surface area contributed by atoms with E-state index in [1.807, 2.05) is 19.9 Å². The Bertz CT molecular complexity index is 619. The van der Waals surface area contributed by atoms with E-state index in [9.17, 15) is 8.42 Å². The SMILES string of the molecule is CC(C)NS(=O)(=O)C1CCOCC1Cc1ccc(Cl)c(Cl)c1. The van der Waals surface area contributed by atoms with Gasteiger partial charge in [0.25, 0.3) is 0 Å². The quantitative estimate of drug-likeness (QED) is 0.870. The smallest absolute Gasteiger partial charge is 0.215 e. The minimum atomic E-state index is -3.36.